The fourth-order valence-electron chi connectivity index (χ4n) is 2.61. The summed E-state index contributed by atoms with van der Waals surface area (Å²) in [5, 5.41) is 17.7. The van der Waals surface area contributed by atoms with E-state index in [2.05, 4.69) is 30.5 Å². The van der Waals surface area contributed by atoms with Gasteiger partial charge in [0.2, 0.25) is 0 Å². The zero-order chi connectivity index (χ0) is 13.9. The van der Waals surface area contributed by atoms with Gasteiger partial charge in [-0.25, -0.2) is 0 Å². The van der Waals surface area contributed by atoms with Crippen LogP contribution in [-0.4, -0.2) is 40.2 Å². The van der Waals surface area contributed by atoms with Crippen molar-refractivity contribution in [2.24, 2.45) is 7.05 Å². The molecule has 108 valence electrons. The van der Waals surface area contributed by atoms with Crippen LogP contribution in [0.5, 0.6) is 0 Å². The third kappa shape index (κ3) is 3.35. The second-order valence-corrected chi connectivity index (χ2v) is 5.77. The summed E-state index contributed by atoms with van der Waals surface area (Å²) in [6.45, 7) is 6.66. The second-order valence-electron chi connectivity index (χ2n) is 5.77. The average Bonchev–Trinajstić information content (AvgIpc) is 2.79. The third-order valence-corrected chi connectivity index (χ3v) is 3.89. The maximum Gasteiger partial charge on any atom is 0.0694 e. The Bertz CT molecular complexity index is 409. The average molecular weight is 267 g/mol. The van der Waals surface area contributed by atoms with Crippen LogP contribution in [0.2, 0.25) is 0 Å². The maximum absolute atomic E-state index is 9.66. The number of nitrogens with zero attached hydrogens (tertiary/aromatic N) is 2. The van der Waals surface area contributed by atoms with Crippen molar-refractivity contribution in [1.82, 2.24) is 15.1 Å². The zero-order valence-corrected chi connectivity index (χ0v) is 12.1. The Hall–Kier alpha value is -0.910. The van der Waals surface area contributed by atoms with Crippen LogP contribution in [0, 0.1) is 0 Å². The number of nitrogens with one attached hydrogen (secondary N) is 1. The summed E-state index contributed by atoms with van der Waals surface area (Å²) in [4.78, 5) is 0. The van der Waals surface area contributed by atoms with E-state index in [-0.39, 0.29) is 12.1 Å². The molecule has 0 bridgehead atoms. The fourth-order valence-corrected chi connectivity index (χ4v) is 2.61. The lowest BCUT2D eigenvalue weighted by atomic mass is 9.90. The molecule has 0 radical (unpaired) electrons. The minimum Gasteiger partial charge on any atom is -0.394 e. The first-order valence-electron chi connectivity index (χ1n) is 7.02. The molecule has 0 spiro atoms. The van der Waals surface area contributed by atoms with Crippen molar-refractivity contribution in [2.75, 3.05) is 19.8 Å². The molecule has 0 saturated carbocycles. The molecule has 2 heterocycles. The molecular formula is C14H25N3O2. The van der Waals surface area contributed by atoms with Crippen LogP contribution >= 0.6 is 0 Å². The minimum atomic E-state index is -0.192. The predicted molar refractivity (Wildman–Crippen MR) is 74.0 cm³/mol. The number of aliphatic hydroxyl groups excluding tert-OH is 1. The molecule has 0 aromatic carbocycles. The highest BCUT2D eigenvalue weighted by molar-refractivity contribution is 5.20. The maximum atomic E-state index is 9.66. The first kappa shape index (κ1) is 14.5. The van der Waals surface area contributed by atoms with Gasteiger partial charge in [-0.05, 0) is 18.8 Å². The van der Waals surface area contributed by atoms with Gasteiger partial charge in [0.15, 0.2) is 0 Å². The molecule has 0 unspecified atom stereocenters. The Morgan fingerprint density at radius 2 is 2.16 bits per heavy atom. The van der Waals surface area contributed by atoms with Crippen molar-refractivity contribution >= 4 is 0 Å². The molecule has 5 heteroatoms. The van der Waals surface area contributed by atoms with E-state index >= 15 is 0 Å². The summed E-state index contributed by atoms with van der Waals surface area (Å²) in [7, 11) is 1.95. The smallest absolute Gasteiger partial charge is 0.0694 e. The molecule has 2 rings (SSSR count). The topological polar surface area (TPSA) is 59.3 Å². The van der Waals surface area contributed by atoms with Gasteiger partial charge in [0.25, 0.3) is 0 Å². The van der Waals surface area contributed by atoms with Gasteiger partial charge >= 0.3 is 0 Å². The molecule has 0 aliphatic carbocycles. The van der Waals surface area contributed by atoms with E-state index in [0.29, 0.717) is 5.92 Å². The molecule has 5 nitrogen and oxygen atoms in total. The van der Waals surface area contributed by atoms with Crippen LogP contribution in [0.1, 0.15) is 43.9 Å². The fraction of sp³-hybridized carbons (Fsp3) is 0.786. The highest BCUT2D eigenvalue weighted by atomic mass is 16.5. The van der Waals surface area contributed by atoms with Gasteiger partial charge in [0, 0.05) is 44.1 Å². The highest BCUT2D eigenvalue weighted by Crippen LogP contribution is 2.22. The molecular weight excluding hydrogens is 242 g/mol. The van der Waals surface area contributed by atoms with Crippen molar-refractivity contribution in [3.05, 3.63) is 17.5 Å². The van der Waals surface area contributed by atoms with Gasteiger partial charge < -0.3 is 15.2 Å². The van der Waals surface area contributed by atoms with E-state index in [9.17, 15) is 5.11 Å². The number of ether oxygens (including phenoxy) is 1. The third-order valence-electron chi connectivity index (χ3n) is 3.89. The van der Waals surface area contributed by atoms with Gasteiger partial charge in [0.1, 0.15) is 0 Å². The molecule has 1 aromatic heterocycles. The summed E-state index contributed by atoms with van der Waals surface area (Å²) in [6, 6.07) is 0. The van der Waals surface area contributed by atoms with E-state index in [1.165, 1.54) is 5.56 Å². The van der Waals surface area contributed by atoms with E-state index < -0.39 is 0 Å². The van der Waals surface area contributed by atoms with Crippen molar-refractivity contribution in [1.29, 1.82) is 0 Å². The van der Waals surface area contributed by atoms with Gasteiger partial charge in [-0.3, -0.25) is 4.68 Å². The molecule has 1 aromatic rings. The van der Waals surface area contributed by atoms with Crippen molar-refractivity contribution in [2.45, 2.75) is 44.7 Å². The van der Waals surface area contributed by atoms with E-state index in [1.54, 1.807) is 0 Å². The van der Waals surface area contributed by atoms with E-state index in [0.717, 1.165) is 38.3 Å². The van der Waals surface area contributed by atoms with Crippen LogP contribution in [0.4, 0.5) is 0 Å². The highest BCUT2D eigenvalue weighted by Gasteiger charge is 2.31. The van der Waals surface area contributed by atoms with Crippen LogP contribution in [0.25, 0.3) is 0 Å². The number of hydrogen-bond acceptors (Lipinski definition) is 4. The van der Waals surface area contributed by atoms with Gasteiger partial charge in [-0.15, -0.1) is 0 Å². The first-order chi connectivity index (χ1) is 9.06. The standard InChI is InChI=1S/C14H25N3O2/c1-11(2)13-12(9-17(3)16-13)8-15-14(10-18)4-6-19-7-5-14/h9,11,15,18H,4-8,10H2,1-3H3. The second kappa shape index (κ2) is 6.03. The van der Waals surface area contributed by atoms with E-state index in [4.69, 9.17) is 4.74 Å². The van der Waals surface area contributed by atoms with E-state index in [1.807, 2.05) is 11.7 Å². The Kier molecular flexibility index (Phi) is 4.60. The lowest BCUT2D eigenvalue weighted by Gasteiger charge is -2.36. The largest absolute Gasteiger partial charge is 0.394 e. The normalized spacial score (nSPS) is 19.0. The molecule has 2 N–H and O–H groups in total. The van der Waals surface area contributed by atoms with Crippen LogP contribution in [0.15, 0.2) is 6.20 Å². The monoisotopic (exact) mass is 267 g/mol. The molecule has 1 aliphatic heterocycles. The quantitative estimate of drug-likeness (QED) is 0.841. The number of aryl methyl sites for hydroxylation is 1. The number of rotatable bonds is 5. The van der Waals surface area contributed by atoms with Crippen molar-refractivity contribution < 1.29 is 9.84 Å². The van der Waals surface area contributed by atoms with Gasteiger partial charge in [-0.2, -0.15) is 5.10 Å². The zero-order valence-electron chi connectivity index (χ0n) is 12.1. The lowest BCUT2D eigenvalue weighted by Crippen LogP contribution is -2.51. The summed E-state index contributed by atoms with van der Waals surface area (Å²) in [5.74, 6) is 0.415. The molecule has 0 atom stereocenters. The Morgan fingerprint density at radius 3 is 2.74 bits per heavy atom. The predicted octanol–water partition coefficient (Wildman–Crippen LogP) is 1.17. The minimum absolute atomic E-state index is 0.160. The summed E-state index contributed by atoms with van der Waals surface area (Å²) in [6.07, 6.45) is 3.79. The Balaban J connectivity index is 2.04. The van der Waals surface area contributed by atoms with Gasteiger partial charge in [-0.1, -0.05) is 13.8 Å². The number of hydrogen-bond donors (Lipinski definition) is 2. The number of aromatic nitrogens is 2. The van der Waals surface area contributed by atoms with Crippen LogP contribution < -0.4 is 5.32 Å². The Morgan fingerprint density at radius 1 is 1.47 bits per heavy atom. The molecule has 1 saturated heterocycles. The molecule has 19 heavy (non-hydrogen) atoms. The number of aliphatic hydroxyl groups is 1. The summed E-state index contributed by atoms with van der Waals surface area (Å²) >= 11 is 0. The molecule has 0 amide bonds. The molecule has 1 fully saturated rings. The summed E-state index contributed by atoms with van der Waals surface area (Å²) in [5.41, 5.74) is 2.16. The van der Waals surface area contributed by atoms with Crippen molar-refractivity contribution in [3.63, 3.8) is 0 Å². The lowest BCUT2D eigenvalue weighted by molar-refractivity contribution is 0.0111. The Labute approximate surface area is 115 Å². The van der Waals surface area contributed by atoms with Crippen LogP contribution in [0.3, 0.4) is 0 Å². The van der Waals surface area contributed by atoms with Crippen LogP contribution in [-0.2, 0) is 18.3 Å². The molecule has 1 aliphatic rings. The van der Waals surface area contributed by atoms with Crippen molar-refractivity contribution in [3.8, 4) is 0 Å². The SMILES string of the molecule is CC(C)c1nn(C)cc1CNC1(CO)CCOCC1. The summed E-state index contributed by atoms with van der Waals surface area (Å²) < 4.78 is 7.24. The first-order valence-corrected chi connectivity index (χ1v) is 7.02. The van der Waals surface area contributed by atoms with Gasteiger partial charge in [0.05, 0.1) is 12.3 Å².